The Bertz CT molecular complexity index is 341. The summed E-state index contributed by atoms with van der Waals surface area (Å²) in [4.78, 5) is 0. The number of hydrogen-bond donors (Lipinski definition) is 1. The van der Waals surface area contributed by atoms with Crippen molar-refractivity contribution in [2.45, 2.75) is 13.0 Å². The molecule has 1 aromatic carbocycles. The molecule has 3 heteroatoms. The Balaban J connectivity index is 2.81. The van der Waals surface area contributed by atoms with Gasteiger partial charge in [0, 0.05) is 11.8 Å². The number of halogens is 2. The lowest BCUT2D eigenvalue weighted by atomic mass is 10.2. The van der Waals surface area contributed by atoms with Crippen molar-refractivity contribution in [2.75, 3.05) is 5.32 Å². The van der Waals surface area contributed by atoms with Crippen LogP contribution in [0.2, 0.25) is 0 Å². The zero-order valence-corrected chi connectivity index (χ0v) is 7.14. The van der Waals surface area contributed by atoms with Crippen molar-refractivity contribution in [2.24, 2.45) is 0 Å². The van der Waals surface area contributed by atoms with Gasteiger partial charge in [-0.05, 0) is 19.1 Å². The van der Waals surface area contributed by atoms with Gasteiger partial charge in [0.05, 0.1) is 6.04 Å². The minimum Gasteiger partial charge on any atom is -0.372 e. The molecule has 0 aliphatic rings. The van der Waals surface area contributed by atoms with Crippen LogP contribution in [0.15, 0.2) is 18.2 Å². The van der Waals surface area contributed by atoms with E-state index in [1.165, 1.54) is 6.07 Å². The number of anilines is 1. The first-order valence-corrected chi connectivity index (χ1v) is 3.81. The van der Waals surface area contributed by atoms with Gasteiger partial charge in [0.2, 0.25) is 0 Å². The SMILES string of the molecule is C#CC(C)Nc1ccc(F)c(F)c1. The molecule has 0 saturated heterocycles. The molecular weight excluding hydrogens is 172 g/mol. The molecule has 0 amide bonds. The summed E-state index contributed by atoms with van der Waals surface area (Å²) in [7, 11) is 0. The Hall–Kier alpha value is -1.56. The van der Waals surface area contributed by atoms with E-state index in [0.717, 1.165) is 12.1 Å². The Labute approximate surface area is 75.8 Å². The number of benzene rings is 1. The van der Waals surface area contributed by atoms with Crippen LogP contribution in [0.5, 0.6) is 0 Å². The third kappa shape index (κ3) is 2.45. The van der Waals surface area contributed by atoms with Gasteiger partial charge in [0.15, 0.2) is 11.6 Å². The predicted molar refractivity (Wildman–Crippen MR) is 48.3 cm³/mol. The highest BCUT2D eigenvalue weighted by Gasteiger charge is 2.03. The van der Waals surface area contributed by atoms with Gasteiger partial charge in [0.1, 0.15) is 0 Å². The number of rotatable bonds is 2. The van der Waals surface area contributed by atoms with E-state index in [1.807, 2.05) is 0 Å². The topological polar surface area (TPSA) is 12.0 Å². The monoisotopic (exact) mass is 181 g/mol. The first-order chi connectivity index (χ1) is 6.13. The van der Waals surface area contributed by atoms with Gasteiger partial charge in [-0.2, -0.15) is 0 Å². The molecule has 68 valence electrons. The fraction of sp³-hybridized carbons (Fsp3) is 0.200. The van der Waals surface area contributed by atoms with E-state index in [9.17, 15) is 8.78 Å². The molecule has 0 aromatic heterocycles. The zero-order chi connectivity index (χ0) is 9.84. The fourth-order valence-corrected chi connectivity index (χ4v) is 0.878. The van der Waals surface area contributed by atoms with Crippen LogP contribution in [0, 0.1) is 24.0 Å². The molecule has 1 N–H and O–H groups in total. The normalized spacial score (nSPS) is 11.8. The highest BCUT2D eigenvalue weighted by molar-refractivity contribution is 5.45. The standard InChI is InChI=1S/C10H9F2N/c1-3-7(2)13-8-4-5-9(11)10(12)6-8/h1,4-7,13H,2H3. The quantitative estimate of drug-likeness (QED) is 0.691. The lowest BCUT2D eigenvalue weighted by molar-refractivity contribution is 0.509. The summed E-state index contributed by atoms with van der Waals surface area (Å²) in [5.41, 5.74) is 0.476. The fourth-order valence-electron chi connectivity index (χ4n) is 0.878. The van der Waals surface area contributed by atoms with Crippen molar-refractivity contribution in [3.8, 4) is 12.3 Å². The first kappa shape index (κ1) is 9.53. The number of nitrogens with one attached hydrogen (secondary N) is 1. The Morgan fingerprint density at radius 3 is 2.62 bits per heavy atom. The molecule has 1 aromatic rings. The second-order valence-electron chi connectivity index (χ2n) is 2.66. The minimum atomic E-state index is -0.880. The molecule has 0 heterocycles. The molecular formula is C10H9F2N. The maximum atomic E-state index is 12.7. The van der Waals surface area contributed by atoms with Gasteiger partial charge in [-0.25, -0.2) is 8.78 Å². The molecule has 0 aliphatic carbocycles. The first-order valence-electron chi connectivity index (χ1n) is 3.81. The van der Waals surface area contributed by atoms with E-state index < -0.39 is 11.6 Å². The molecule has 0 spiro atoms. The summed E-state index contributed by atoms with van der Waals surface area (Å²) in [6.07, 6.45) is 5.11. The highest BCUT2D eigenvalue weighted by atomic mass is 19.2. The lowest BCUT2D eigenvalue weighted by Crippen LogP contribution is -2.12. The molecule has 0 saturated carbocycles. The van der Waals surface area contributed by atoms with Crippen molar-refractivity contribution in [3.05, 3.63) is 29.8 Å². The van der Waals surface area contributed by atoms with Gasteiger partial charge < -0.3 is 5.32 Å². The highest BCUT2D eigenvalue weighted by Crippen LogP contribution is 2.13. The van der Waals surface area contributed by atoms with E-state index in [4.69, 9.17) is 6.42 Å². The van der Waals surface area contributed by atoms with Crippen LogP contribution in [0.25, 0.3) is 0 Å². The Kier molecular flexibility index (Phi) is 2.86. The van der Waals surface area contributed by atoms with Crippen LogP contribution < -0.4 is 5.32 Å². The van der Waals surface area contributed by atoms with Gasteiger partial charge in [-0.15, -0.1) is 6.42 Å². The molecule has 1 atom stereocenters. The van der Waals surface area contributed by atoms with Gasteiger partial charge in [-0.1, -0.05) is 5.92 Å². The molecule has 0 fully saturated rings. The van der Waals surface area contributed by atoms with Crippen LogP contribution >= 0.6 is 0 Å². The molecule has 0 radical (unpaired) electrons. The largest absolute Gasteiger partial charge is 0.372 e. The average molecular weight is 181 g/mol. The van der Waals surface area contributed by atoms with Crippen LogP contribution in [0.1, 0.15) is 6.92 Å². The van der Waals surface area contributed by atoms with Gasteiger partial charge >= 0.3 is 0 Å². The van der Waals surface area contributed by atoms with Crippen molar-refractivity contribution in [1.29, 1.82) is 0 Å². The van der Waals surface area contributed by atoms with Crippen LogP contribution in [0.4, 0.5) is 14.5 Å². The number of terminal acetylenes is 1. The molecule has 1 rings (SSSR count). The molecule has 0 aliphatic heterocycles. The zero-order valence-electron chi connectivity index (χ0n) is 7.14. The smallest absolute Gasteiger partial charge is 0.160 e. The molecule has 13 heavy (non-hydrogen) atoms. The van der Waals surface area contributed by atoms with Crippen molar-refractivity contribution in [3.63, 3.8) is 0 Å². The lowest BCUT2D eigenvalue weighted by Gasteiger charge is -2.08. The third-order valence-corrected chi connectivity index (χ3v) is 1.55. The van der Waals surface area contributed by atoms with Crippen LogP contribution in [-0.2, 0) is 0 Å². The summed E-state index contributed by atoms with van der Waals surface area (Å²) >= 11 is 0. The maximum Gasteiger partial charge on any atom is 0.160 e. The summed E-state index contributed by atoms with van der Waals surface area (Å²) in [6, 6.07) is 3.36. The van der Waals surface area contributed by atoms with E-state index >= 15 is 0 Å². The minimum absolute atomic E-state index is 0.204. The van der Waals surface area contributed by atoms with Crippen molar-refractivity contribution < 1.29 is 8.78 Å². The summed E-state index contributed by atoms with van der Waals surface area (Å²) in [5.74, 6) is 0.678. The van der Waals surface area contributed by atoms with E-state index in [0.29, 0.717) is 5.69 Å². The summed E-state index contributed by atoms with van der Waals surface area (Å²) in [6.45, 7) is 1.75. The van der Waals surface area contributed by atoms with E-state index in [1.54, 1.807) is 6.92 Å². The second-order valence-corrected chi connectivity index (χ2v) is 2.66. The predicted octanol–water partition coefficient (Wildman–Crippen LogP) is 2.40. The van der Waals surface area contributed by atoms with Crippen molar-refractivity contribution >= 4 is 5.69 Å². The summed E-state index contributed by atoms with van der Waals surface area (Å²) in [5, 5.41) is 2.82. The molecule has 1 unspecified atom stereocenters. The average Bonchev–Trinajstić information content (AvgIpc) is 2.11. The Morgan fingerprint density at radius 2 is 2.08 bits per heavy atom. The second kappa shape index (κ2) is 3.90. The van der Waals surface area contributed by atoms with Crippen LogP contribution in [0.3, 0.4) is 0 Å². The van der Waals surface area contributed by atoms with Gasteiger partial charge in [0.25, 0.3) is 0 Å². The summed E-state index contributed by atoms with van der Waals surface area (Å²) < 4.78 is 25.1. The Morgan fingerprint density at radius 1 is 1.38 bits per heavy atom. The third-order valence-electron chi connectivity index (χ3n) is 1.55. The molecule has 1 nitrogen and oxygen atoms in total. The van der Waals surface area contributed by atoms with Crippen molar-refractivity contribution in [1.82, 2.24) is 0 Å². The molecule has 0 bridgehead atoms. The van der Waals surface area contributed by atoms with Crippen LogP contribution in [-0.4, -0.2) is 6.04 Å². The van der Waals surface area contributed by atoms with E-state index in [2.05, 4.69) is 11.2 Å². The van der Waals surface area contributed by atoms with Gasteiger partial charge in [-0.3, -0.25) is 0 Å². The number of hydrogen-bond acceptors (Lipinski definition) is 1. The van der Waals surface area contributed by atoms with E-state index in [-0.39, 0.29) is 6.04 Å². The maximum absolute atomic E-state index is 12.7.